The number of quaternary nitrogens is 2. The predicted octanol–water partition coefficient (Wildman–Crippen LogP) is 9.93. The monoisotopic (exact) mass is 725 g/mol. The molecule has 51 heavy (non-hydrogen) atoms. The summed E-state index contributed by atoms with van der Waals surface area (Å²) < 4.78 is 30.4. The number of para-hydroxylation sites is 1. The number of nitrogens with zero attached hydrogens (tertiary/aromatic N) is 3. The number of hydrogen-bond donors (Lipinski definition) is 1. The third-order valence-corrected chi connectivity index (χ3v) is 11.9. The molecular formula is C42H67N3O5S+2. The molecule has 2 heterocycles. The lowest BCUT2D eigenvalue weighted by Gasteiger charge is -2.45. The van der Waals surface area contributed by atoms with Crippen molar-refractivity contribution in [2.75, 3.05) is 33.2 Å². The van der Waals surface area contributed by atoms with E-state index in [4.69, 9.17) is 4.55 Å². The van der Waals surface area contributed by atoms with Crippen LogP contribution >= 0.6 is 0 Å². The van der Waals surface area contributed by atoms with E-state index in [1.807, 2.05) is 36.1 Å². The third-order valence-electron chi connectivity index (χ3n) is 11.0. The molecule has 2 aromatic carbocycles. The second-order valence-electron chi connectivity index (χ2n) is 14.9. The SMILES string of the molecule is CCCCCCCCCCCCCCCCCC[N+]1(C)C(C)=CC(=O)[N+]1(CCN1CCCC1=O)c1ccccc1.Cc1ccc(S(=O)(=O)O)cc1. The first-order valence-electron chi connectivity index (χ1n) is 19.8. The summed E-state index contributed by atoms with van der Waals surface area (Å²) in [7, 11) is -1.78. The van der Waals surface area contributed by atoms with Gasteiger partial charge in [0.2, 0.25) is 5.91 Å². The summed E-state index contributed by atoms with van der Waals surface area (Å²) in [6.45, 7) is 9.26. The van der Waals surface area contributed by atoms with Crippen molar-refractivity contribution in [3.05, 3.63) is 71.9 Å². The van der Waals surface area contributed by atoms with E-state index < -0.39 is 10.1 Å². The van der Waals surface area contributed by atoms with Gasteiger partial charge in [0, 0.05) is 38.4 Å². The number of unbranched alkanes of at least 4 members (excludes halogenated alkanes) is 15. The highest BCUT2D eigenvalue weighted by molar-refractivity contribution is 7.85. The maximum atomic E-state index is 13.8. The number of carbonyl (C=O) groups is 2. The second-order valence-corrected chi connectivity index (χ2v) is 16.3. The fraction of sp³-hybridized carbons (Fsp3) is 0.619. The molecule has 1 N–H and O–H groups in total. The number of amides is 2. The first kappa shape index (κ1) is 42.6. The van der Waals surface area contributed by atoms with Crippen LogP contribution in [0, 0.1) is 6.92 Å². The van der Waals surface area contributed by atoms with Gasteiger partial charge in [-0.15, -0.1) is 4.59 Å². The number of allylic oxidation sites excluding steroid dienone is 1. The Kier molecular flexibility index (Phi) is 18.0. The molecule has 2 aromatic rings. The minimum absolute atomic E-state index is 0.0666. The van der Waals surface area contributed by atoms with Gasteiger partial charge in [-0.05, 0) is 31.9 Å². The van der Waals surface area contributed by atoms with Gasteiger partial charge in [0.15, 0.2) is 17.9 Å². The van der Waals surface area contributed by atoms with E-state index in [1.165, 1.54) is 108 Å². The number of rotatable bonds is 22. The maximum absolute atomic E-state index is 13.8. The topological polar surface area (TPSA) is 91.8 Å². The minimum Gasteiger partial charge on any atom is -0.337 e. The van der Waals surface area contributed by atoms with Crippen LogP contribution in [0.25, 0.3) is 0 Å². The van der Waals surface area contributed by atoms with Crippen LogP contribution in [-0.2, 0) is 19.7 Å². The Labute approximate surface area is 309 Å². The Morgan fingerprint density at radius 3 is 1.69 bits per heavy atom. The standard InChI is InChI=1S/C35H59N3O2.C7H8O3S/c1-4-5-6-7-8-9-10-11-12-13-14-15-16-17-18-22-29-37(3)32(2)31-35(40)38(37,33-24-20-19-21-25-33)30-28-36-27-23-26-34(36)39;1-6-2-4-7(5-3-6)11(8,9)10/h19-21,24-25,31H,4-18,22-23,26-30H2,1-3H3;2-5H,1H3,(H,8,9,10)/q+2;. The van der Waals surface area contributed by atoms with Crippen LogP contribution in [0.4, 0.5) is 5.69 Å². The number of aryl methyl sites for hydroxylation is 1. The molecule has 0 bridgehead atoms. The van der Waals surface area contributed by atoms with Crippen LogP contribution in [0.2, 0.25) is 0 Å². The Morgan fingerprint density at radius 1 is 0.706 bits per heavy atom. The molecule has 0 aliphatic carbocycles. The molecule has 284 valence electrons. The molecule has 9 heteroatoms. The zero-order valence-corrected chi connectivity index (χ0v) is 33.0. The van der Waals surface area contributed by atoms with E-state index in [1.54, 1.807) is 12.1 Å². The van der Waals surface area contributed by atoms with Gasteiger partial charge < -0.3 is 4.90 Å². The normalized spacial score (nSPS) is 20.4. The van der Waals surface area contributed by atoms with Gasteiger partial charge in [-0.3, -0.25) is 9.35 Å². The molecular weight excluding hydrogens is 659 g/mol. The summed E-state index contributed by atoms with van der Waals surface area (Å²) in [5.41, 5.74) is 3.12. The van der Waals surface area contributed by atoms with Crippen molar-refractivity contribution in [3.63, 3.8) is 0 Å². The molecule has 1 fully saturated rings. The number of benzene rings is 2. The quantitative estimate of drug-likeness (QED) is 0.0741. The largest absolute Gasteiger partial charge is 0.397 e. The van der Waals surface area contributed by atoms with Gasteiger partial charge >= 0.3 is 5.91 Å². The van der Waals surface area contributed by atoms with Crippen LogP contribution in [0.1, 0.15) is 135 Å². The lowest BCUT2D eigenvalue weighted by atomic mass is 10.0. The molecule has 0 saturated carbocycles. The smallest absolute Gasteiger partial charge is 0.337 e. The Balaban J connectivity index is 0.000000542. The number of carbonyl (C=O) groups excluding carboxylic acids is 2. The minimum atomic E-state index is -4.02. The zero-order valence-electron chi connectivity index (χ0n) is 32.2. The molecule has 1 saturated heterocycles. The van der Waals surface area contributed by atoms with Gasteiger partial charge in [0.25, 0.3) is 10.1 Å². The molecule has 2 atom stereocenters. The molecule has 0 radical (unpaired) electrons. The van der Waals surface area contributed by atoms with E-state index in [9.17, 15) is 18.0 Å². The van der Waals surface area contributed by atoms with Gasteiger partial charge in [-0.2, -0.15) is 8.42 Å². The first-order chi connectivity index (χ1) is 24.5. The molecule has 8 nitrogen and oxygen atoms in total. The highest BCUT2D eigenvalue weighted by Crippen LogP contribution is 2.40. The Bertz CT molecular complexity index is 1480. The van der Waals surface area contributed by atoms with Crippen molar-refractivity contribution in [1.82, 2.24) is 9.49 Å². The lowest BCUT2D eigenvalue weighted by molar-refractivity contribution is -0.959. The highest BCUT2D eigenvalue weighted by atomic mass is 32.2. The van der Waals surface area contributed by atoms with E-state index >= 15 is 0 Å². The summed E-state index contributed by atoms with van der Waals surface area (Å²) >= 11 is 0. The van der Waals surface area contributed by atoms with Crippen molar-refractivity contribution < 1.29 is 27.2 Å². The van der Waals surface area contributed by atoms with E-state index in [0.29, 0.717) is 24.1 Å². The van der Waals surface area contributed by atoms with Crippen molar-refractivity contribution in [2.45, 2.75) is 141 Å². The van der Waals surface area contributed by atoms with E-state index in [2.05, 4.69) is 33.0 Å². The van der Waals surface area contributed by atoms with E-state index in [0.717, 1.165) is 42.9 Å². The highest BCUT2D eigenvalue weighted by Gasteiger charge is 2.60. The molecule has 2 amide bonds. The second kappa shape index (κ2) is 21.6. The Hall–Kier alpha value is -2.85. The average molecular weight is 726 g/mol. The van der Waals surface area contributed by atoms with Gasteiger partial charge in [-0.1, -0.05) is 137 Å². The summed E-state index contributed by atoms with van der Waals surface area (Å²) in [5.74, 6) is 0.379. The van der Waals surface area contributed by atoms with Crippen LogP contribution in [0.15, 0.2) is 71.3 Å². The van der Waals surface area contributed by atoms with E-state index in [-0.39, 0.29) is 21.3 Å². The van der Waals surface area contributed by atoms with Crippen molar-refractivity contribution in [3.8, 4) is 0 Å². The van der Waals surface area contributed by atoms with Gasteiger partial charge in [-0.25, -0.2) is 4.79 Å². The average Bonchev–Trinajstić information content (AvgIpc) is 3.60. The summed E-state index contributed by atoms with van der Waals surface area (Å²) in [4.78, 5) is 28.0. The third kappa shape index (κ3) is 12.7. The van der Waals surface area contributed by atoms with Crippen molar-refractivity contribution in [1.29, 1.82) is 0 Å². The fourth-order valence-corrected chi connectivity index (χ4v) is 8.14. The maximum Gasteiger partial charge on any atom is 0.397 e. The van der Waals surface area contributed by atoms with Crippen LogP contribution in [-0.4, -0.2) is 67.5 Å². The summed E-state index contributed by atoms with van der Waals surface area (Å²) in [6, 6.07) is 16.3. The molecule has 0 spiro atoms. The van der Waals surface area contributed by atoms with Crippen LogP contribution in [0.3, 0.4) is 0 Å². The summed E-state index contributed by atoms with van der Waals surface area (Å²) in [6.07, 6.45) is 25.2. The zero-order chi connectivity index (χ0) is 37.2. The molecule has 2 aliphatic rings. The molecule has 4 rings (SSSR count). The number of likely N-dealkylation sites (tertiary alicyclic amines) is 1. The van der Waals surface area contributed by atoms with Crippen molar-refractivity contribution >= 4 is 27.6 Å². The Morgan fingerprint density at radius 2 is 1.22 bits per heavy atom. The first-order valence-corrected chi connectivity index (χ1v) is 21.2. The molecule has 2 aliphatic heterocycles. The number of hydrogen-bond acceptors (Lipinski definition) is 4. The fourth-order valence-electron chi connectivity index (χ4n) is 7.66. The lowest BCUT2D eigenvalue weighted by Crippen LogP contribution is -2.72. The molecule has 0 aromatic heterocycles. The predicted molar refractivity (Wildman–Crippen MR) is 209 cm³/mol. The summed E-state index contributed by atoms with van der Waals surface area (Å²) in [5, 5.41) is 0. The van der Waals surface area contributed by atoms with Gasteiger partial charge in [0.05, 0.1) is 11.4 Å². The van der Waals surface area contributed by atoms with Crippen molar-refractivity contribution in [2.24, 2.45) is 0 Å². The molecule has 2 unspecified atom stereocenters. The van der Waals surface area contributed by atoms with Crippen LogP contribution in [0.5, 0.6) is 0 Å². The van der Waals surface area contributed by atoms with Gasteiger partial charge in [0.1, 0.15) is 19.7 Å². The van der Waals surface area contributed by atoms with Crippen LogP contribution < -0.4 is 4.59 Å².